The number of aryl methyl sites for hydroxylation is 1. The molecule has 1 heterocycles. The van der Waals surface area contributed by atoms with E-state index in [4.69, 9.17) is 5.73 Å². The normalized spacial score (nSPS) is 18.0. The van der Waals surface area contributed by atoms with E-state index in [1.54, 1.807) is 0 Å². The molecule has 2 nitrogen and oxygen atoms in total. The molecule has 84 valence electrons. The lowest BCUT2D eigenvalue weighted by molar-refractivity contribution is 0.520. The van der Waals surface area contributed by atoms with Gasteiger partial charge in [-0.15, -0.1) is 11.3 Å². The van der Waals surface area contributed by atoms with Crippen LogP contribution in [0.25, 0.3) is 0 Å². The van der Waals surface area contributed by atoms with Gasteiger partial charge in [0.05, 0.1) is 6.04 Å². The third-order valence-electron chi connectivity index (χ3n) is 3.09. The minimum atomic E-state index is 0.365. The van der Waals surface area contributed by atoms with Crippen LogP contribution in [0.4, 0.5) is 0 Å². The van der Waals surface area contributed by atoms with Crippen LogP contribution in [0.1, 0.15) is 35.7 Å². The number of rotatable bonds is 6. The molecule has 1 aromatic rings. The first-order valence-electron chi connectivity index (χ1n) is 5.78. The van der Waals surface area contributed by atoms with Crippen molar-refractivity contribution >= 4 is 11.3 Å². The molecule has 3 heteroatoms. The van der Waals surface area contributed by atoms with E-state index in [1.807, 2.05) is 11.3 Å². The van der Waals surface area contributed by atoms with Crippen molar-refractivity contribution in [2.45, 2.75) is 32.2 Å². The molecule has 0 bridgehead atoms. The Hall–Kier alpha value is -0.380. The smallest absolute Gasteiger partial charge is 0.0541 e. The number of hydrogen-bond acceptors (Lipinski definition) is 3. The minimum Gasteiger partial charge on any atom is -0.329 e. The van der Waals surface area contributed by atoms with Crippen molar-refractivity contribution in [2.24, 2.45) is 11.7 Å². The average Bonchev–Trinajstić information content (AvgIpc) is 2.96. The molecule has 0 radical (unpaired) electrons. The molecule has 1 atom stereocenters. The van der Waals surface area contributed by atoms with Crippen LogP contribution >= 0.6 is 11.3 Å². The summed E-state index contributed by atoms with van der Waals surface area (Å²) in [5, 5.41) is 5.72. The monoisotopic (exact) mass is 224 g/mol. The number of hydrogen-bond donors (Lipinski definition) is 2. The summed E-state index contributed by atoms with van der Waals surface area (Å²) in [5.41, 5.74) is 7.18. The Bertz CT molecular complexity index is 304. The zero-order valence-electron chi connectivity index (χ0n) is 9.33. The Labute approximate surface area is 95.9 Å². The summed E-state index contributed by atoms with van der Waals surface area (Å²) in [5.74, 6) is 1.00. The van der Waals surface area contributed by atoms with Crippen molar-refractivity contribution in [3.63, 3.8) is 0 Å². The summed E-state index contributed by atoms with van der Waals surface area (Å²) < 4.78 is 0. The number of nitrogens with two attached hydrogens (primary N) is 1. The summed E-state index contributed by atoms with van der Waals surface area (Å²) in [4.78, 5) is 1.41. The molecule has 1 aliphatic carbocycles. The molecule has 15 heavy (non-hydrogen) atoms. The highest BCUT2D eigenvalue weighted by atomic mass is 32.1. The van der Waals surface area contributed by atoms with Gasteiger partial charge in [-0.25, -0.2) is 0 Å². The lowest BCUT2D eigenvalue weighted by Crippen LogP contribution is -2.29. The Morgan fingerprint density at radius 3 is 2.93 bits per heavy atom. The standard InChI is InChI=1S/C12H20N2S/c1-9-5-7-15-12(9)11(8-13)14-6-4-10-2-3-10/h5,7,10-11,14H,2-4,6,8,13H2,1H3. The summed E-state index contributed by atoms with van der Waals surface area (Å²) in [7, 11) is 0. The molecule has 0 aliphatic heterocycles. The van der Waals surface area contributed by atoms with Crippen LogP contribution < -0.4 is 11.1 Å². The number of nitrogens with one attached hydrogen (secondary N) is 1. The molecule has 2 rings (SSSR count). The van der Waals surface area contributed by atoms with Gasteiger partial charge in [0.2, 0.25) is 0 Å². The lowest BCUT2D eigenvalue weighted by Gasteiger charge is -2.16. The van der Waals surface area contributed by atoms with Crippen molar-refractivity contribution in [1.29, 1.82) is 0 Å². The van der Waals surface area contributed by atoms with Crippen LogP contribution in [0.2, 0.25) is 0 Å². The van der Waals surface area contributed by atoms with Gasteiger partial charge in [-0.2, -0.15) is 0 Å². The van der Waals surface area contributed by atoms with E-state index in [0.717, 1.165) is 12.5 Å². The molecular weight excluding hydrogens is 204 g/mol. The SMILES string of the molecule is Cc1ccsc1C(CN)NCCC1CC1. The van der Waals surface area contributed by atoms with E-state index in [-0.39, 0.29) is 0 Å². The second kappa shape index (κ2) is 5.10. The largest absolute Gasteiger partial charge is 0.329 e. The van der Waals surface area contributed by atoms with Crippen LogP contribution in [0.15, 0.2) is 11.4 Å². The predicted molar refractivity (Wildman–Crippen MR) is 66.2 cm³/mol. The fraction of sp³-hybridized carbons (Fsp3) is 0.667. The first kappa shape index (κ1) is 11.1. The van der Waals surface area contributed by atoms with Crippen molar-refractivity contribution < 1.29 is 0 Å². The third kappa shape index (κ3) is 3.03. The quantitative estimate of drug-likeness (QED) is 0.779. The zero-order chi connectivity index (χ0) is 10.7. The second-order valence-electron chi connectivity index (χ2n) is 4.44. The average molecular weight is 224 g/mol. The molecule has 0 spiro atoms. The highest BCUT2D eigenvalue weighted by Crippen LogP contribution is 2.32. The summed E-state index contributed by atoms with van der Waals surface area (Å²) in [6, 6.07) is 2.54. The van der Waals surface area contributed by atoms with Crippen LogP contribution in [-0.4, -0.2) is 13.1 Å². The topological polar surface area (TPSA) is 38.0 Å². The summed E-state index contributed by atoms with van der Waals surface area (Å²) in [6.07, 6.45) is 4.20. The predicted octanol–water partition coefficient (Wildman–Crippen LogP) is 2.45. The van der Waals surface area contributed by atoms with Gasteiger partial charge in [0.1, 0.15) is 0 Å². The van der Waals surface area contributed by atoms with Gasteiger partial charge in [0, 0.05) is 11.4 Å². The Morgan fingerprint density at radius 1 is 1.60 bits per heavy atom. The van der Waals surface area contributed by atoms with Crippen LogP contribution in [0, 0.1) is 12.8 Å². The lowest BCUT2D eigenvalue weighted by atomic mass is 10.1. The first-order chi connectivity index (χ1) is 7.31. The molecule has 0 aromatic carbocycles. The van der Waals surface area contributed by atoms with Crippen LogP contribution in [-0.2, 0) is 0 Å². The summed E-state index contributed by atoms with van der Waals surface area (Å²) in [6.45, 7) is 3.98. The Morgan fingerprint density at radius 2 is 2.40 bits per heavy atom. The van der Waals surface area contributed by atoms with E-state index in [0.29, 0.717) is 12.6 Å². The maximum atomic E-state index is 5.81. The summed E-state index contributed by atoms with van der Waals surface area (Å²) >= 11 is 1.81. The molecule has 1 saturated carbocycles. The van der Waals surface area contributed by atoms with Crippen molar-refractivity contribution in [1.82, 2.24) is 5.32 Å². The van der Waals surface area contributed by atoms with Crippen molar-refractivity contribution in [3.8, 4) is 0 Å². The van der Waals surface area contributed by atoms with Gasteiger partial charge in [0.15, 0.2) is 0 Å². The maximum Gasteiger partial charge on any atom is 0.0541 e. The van der Waals surface area contributed by atoms with Gasteiger partial charge >= 0.3 is 0 Å². The fourth-order valence-electron chi connectivity index (χ4n) is 1.89. The molecule has 0 saturated heterocycles. The number of thiophene rings is 1. The van der Waals surface area contributed by atoms with Crippen molar-refractivity contribution in [2.75, 3.05) is 13.1 Å². The minimum absolute atomic E-state index is 0.365. The van der Waals surface area contributed by atoms with Crippen molar-refractivity contribution in [3.05, 3.63) is 21.9 Å². The van der Waals surface area contributed by atoms with Crippen LogP contribution in [0.3, 0.4) is 0 Å². The van der Waals surface area contributed by atoms with Gasteiger partial charge < -0.3 is 11.1 Å². The molecule has 0 amide bonds. The van der Waals surface area contributed by atoms with E-state index >= 15 is 0 Å². The Kier molecular flexibility index (Phi) is 3.78. The van der Waals surface area contributed by atoms with Crippen LogP contribution in [0.5, 0.6) is 0 Å². The Balaban J connectivity index is 1.83. The van der Waals surface area contributed by atoms with E-state index < -0.39 is 0 Å². The highest BCUT2D eigenvalue weighted by molar-refractivity contribution is 7.10. The highest BCUT2D eigenvalue weighted by Gasteiger charge is 2.21. The molecule has 1 fully saturated rings. The molecule has 3 N–H and O–H groups in total. The molecular formula is C12H20N2S. The van der Waals surface area contributed by atoms with Gasteiger partial charge in [0.25, 0.3) is 0 Å². The van der Waals surface area contributed by atoms with E-state index in [1.165, 1.54) is 29.7 Å². The molecule has 1 unspecified atom stereocenters. The first-order valence-corrected chi connectivity index (χ1v) is 6.66. The van der Waals surface area contributed by atoms with Gasteiger partial charge in [-0.3, -0.25) is 0 Å². The molecule has 1 aliphatic rings. The van der Waals surface area contributed by atoms with E-state index in [9.17, 15) is 0 Å². The maximum absolute atomic E-state index is 5.81. The fourth-order valence-corrected chi connectivity index (χ4v) is 2.91. The van der Waals surface area contributed by atoms with E-state index in [2.05, 4.69) is 23.7 Å². The zero-order valence-corrected chi connectivity index (χ0v) is 10.1. The second-order valence-corrected chi connectivity index (χ2v) is 5.39. The van der Waals surface area contributed by atoms with Gasteiger partial charge in [-0.1, -0.05) is 12.8 Å². The molecule has 1 aromatic heterocycles. The van der Waals surface area contributed by atoms with Gasteiger partial charge in [-0.05, 0) is 42.8 Å². The third-order valence-corrected chi connectivity index (χ3v) is 4.23.